The summed E-state index contributed by atoms with van der Waals surface area (Å²) < 4.78 is 4.85. The lowest BCUT2D eigenvalue weighted by Crippen LogP contribution is -2.15. The second-order valence-corrected chi connectivity index (χ2v) is 2.19. The van der Waals surface area contributed by atoms with Crippen molar-refractivity contribution in [1.29, 1.82) is 0 Å². The van der Waals surface area contributed by atoms with E-state index in [0.29, 0.717) is 11.6 Å². The molecule has 1 rings (SSSR count). The molecule has 0 bridgehead atoms. The van der Waals surface area contributed by atoms with Crippen LogP contribution in [0.2, 0.25) is 0 Å². The zero-order chi connectivity index (χ0) is 8.97. The summed E-state index contributed by atoms with van der Waals surface area (Å²) in [6.07, 6.45) is 0. The number of nitrogens with two attached hydrogens (primary N) is 1. The van der Waals surface area contributed by atoms with Gasteiger partial charge in [0.2, 0.25) is 5.88 Å². The molecule has 4 nitrogen and oxygen atoms in total. The van der Waals surface area contributed by atoms with Crippen LogP contribution >= 0.6 is 12.4 Å². The summed E-state index contributed by atoms with van der Waals surface area (Å²) in [5.74, 6) is 0.239. The van der Waals surface area contributed by atoms with E-state index in [1.54, 1.807) is 18.2 Å². The molecule has 0 atom stereocenters. The number of carbonyl (C=O) groups is 1. The first kappa shape index (κ1) is 11.9. The second-order valence-electron chi connectivity index (χ2n) is 2.19. The number of ether oxygens (including phenoxy) is 1. The third-order valence-corrected chi connectivity index (χ3v) is 1.40. The van der Waals surface area contributed by atoms with Gasteiger partial charge < -0.3 is 10.5 Å². The molecule has 1 heterocycles. The summed E-state index contributed by atoms with van der Waals surface area (Å²) in [7, 11) is 1.50. The number of methoxy groups -OCH3 is 1. The van der Waals surface area contributed by atoms with Gasteiger partial charge in [-0.05, 0) is 6.07 Å². The van der Waals surface area contributed by atoms with Gasteiger partial charge in [0.15, 0.2) is 5.78 Å². The van der Waals surface area contributed by atoms with Crippen LogP contribution in [0.25, 0.3) is 0 Å². The van der Waals surface area contributed by atoms with Gasteiger partial charge >= 0.3 is 0 Å². The normalized spacial score (nSPS) is 8.77. The van der Waals surface area contributed by atoms with Crippen LogP contribution in [0.5, 0.6) is 5.88 Å². The van der Waals surface area contributed by atoms with Gasteiger partial charge in [-0.15, -0.1) is 12.4 Å². The number of ketones is 1. The lowest BCUT2D eigenvalue weighted by atomic mass is 10.2. The molecule has 0 aliphatic heterocycles. The van der Waals surface area contributed by atoms with E-state index in [1.807, 2.05) is 0 Å². The first-order valence-corrected chi connectivity index (χ1v) is 3.52. The Bertz CT molecular complexity index is 291. The number of nitrogens with zero attached hydrogens (tertiary/aromatic N) is 1. The van der Waals surface area contributed by atoms with E-state index in [9.17, 15) is 4.79 Å². The van der Waals surface area contributed by atoms with E-state index in [2.05, 4.69) is 4.98 Å². The summed E-state index contributed by atoms with van der Waals surface area (Å²) in [5, 5.41) is 0. The minimum Gasteiger partial charge on any atom is -0.481 e. The van der Waals surface area contributed by atoms with E-state index in [4.69, 9.17) is 10.5 Å². The number of hydrogen-bond donors (Lipinski definition) is 1. The number of rotatable bonds is 3. The Morgan fingerprint density at radius 2 is 2.31 bits per heavy atom. The number of halogens is 1. The fourth-order valence-electron chi connectivity index (χ4n) is 0.788. The quantitative estimate of drug-likeness (QED) is 0.732. The van der Waals surface area contributed by atoms with Crippen molar-refractivity contribution in [3.63, 3.8) is 0 Å². The second kappa shape index (κ2) is 5.50. The summed E-state index contributed by atoms with van der Waals surface area (Å²) in [4.78, 5) is 14.9. The van der Waals surface area contributed by atoms with Gasteiger partial charge in [0, 0.05) is 6.07 Å². The molecule has 0 saturated heterocycles. The average molecular weight is 203 g/mol. The maximum absolute atomic E-state index is 11.0. The minimum absolute atomic E-state index is 0. The fraction of sp³-hybridized carbons (Fsp3) is 0.250. The van der Waals surface area contributed by atoms with Gasteiger partial charge in [-0.2, -0.15) is 0 Å². The van der Waals surface area contributed by atoms with Crippen molar-refractivity contribution in [2.45, 2.75) is 0 Å². The van der Waals surface area contributed by atoms with E-state index < -0.39 is 0 Å². The minimum atomic E-state index is -0.186. The molecule has 2 N–H and O–H groups in total. The van der Waals surface area contributed by atoms with Crippen molar-refractivity contribution in [3.8, 4) is 5.88 Å². The van der Waals surface area contributed by atoms with E-state index >= 15 is 0 Å². The lowest BCUT2D eigenvalue weighted by molar-refractivity contribution is 0.0996. The molecule has 0 aliphatic carbocycles. The molecule has 0 aliphatic rings. The molecule has 1 aromatic heterocycles. The van der Waals surface area contributed by atoms with E-state index in [-0.39, 0.29) is 24.7 Å². The van der Waals surface area contributed by atoms with Crippen molar-refractivity contribution < 1.29 is 9.53 Å². The maximum Gasteiger partial charge on any atom is 0.213 e. The molecule has 5 heteroatoms. The van der Waals surface area contributed by atoms with Crippen LogP contribution < -0.4 is 10.5 Å². The van der Waals surface area contributed by atoms with Gasteiger partial charge in [0.05, 0.1) is 13.7 Å². The van der Waals surface area contributed by atoms with Crippen LogP contribution in [0.4, 0.5) is 0 Å². The summed E-state index contributed by atoms with van der Waals surface area (Å²) in [6.45, 7) is -0.0276. The highest BCUT2D eigenvalue weighted by molar-refractivity contribution is 5.95. The zero-order valence-corrected chi connectivity index (χ0v) is 8.00. The Kier molecular flexibility index (Phi) is 5.03. The number of hydrogen-bond acceptors (Lipinski definition) is 4. The Morgan fingerprint density at radius 1 is 1.62 bits per heavy atom. The van der Waals surface area contributed by atoms with Gasteiger partial charge in [-0.3, -0.25) is 4.79 Å². The van der Waals surface area contributed by atoms with Crippen molar-refractivity contribution in [2.24, 2.45) is 5.73 Å². The first-order valence-electron chi connectivity index (χ1n) is 3.52. The summed E-state index contributed by atoms with van der Waals surface area (Å²) >= 11 is 0. The molecule has 13 heavy (non-hydrogen) atoms. The van der Waals surface area contributed by atoms with Gasteiger partial charge in [-0.25, -0.2) is 4.98 Å². The number of carbonyl (C=O) groups excluding carboxylic acids is 1. The van der Waals surface area contributed by atoms with Gasteiger partial charge in [-0.1, -0.05) is 6.07 Å². The molecular weight excluding hydrogens is 192 g/mol. The lowest BCUT2D eigenvalue weighted by Gasteiger charge is -2.00. The maximum atomic E-state index is 11.0. The Labute approximate surface area is 82.5 Å². The monoisotopic (exact) mass is 202 g/mol. The Balaban J connectivity index is 0.00000144. The molecule has 1 aromatic rings. The van der Waals surface area contributed by atoms with Gasteiger partial charge in [0.25, 0.3) is 0 Å². The van der Waals surface area contributed by atoms with E-state index in [0.717, 1.165) is 0 Å². The largest absolute Gasteiger partial charge is 0.481 e. The van der Waals surface area contributed by atoms with Crippen molar-refractivity contribution >= 4 is 18.2 Å². The highest BCUT2D eigenvalue weighted by Crippen LogP contribution is 2.06. The molecule has 0 radical (unpaired) electrons. The zero-order valence-electron chi connectivity index (χ0n) is 7.19. The number of aromatic nitrogens is 1. The van der Waals surface area contributed by atoms with Crippen molar-refractivity contribution in [2.75, 3.05) is 13.7 Å². The molecule has 0 saturated carbocycles. The van der Waals surface area contributed by atoms with Crippen LogP contribution in [-0.2, 0) is 0 Å². The standard InChI is InChI=1S/C8H10N2O2.ClH/c1-12-8-4-2-3-6(10-8)7(11)5-9;/h2-4H,5,9H2,1H3;1H. The molecule has 0 aromatic carbocycles. The third-order valence-electron chi connectivity index (χ3n) is 1.40. The summed E-state index contributed by atoms with van der Waals surface area (Å²) in [5.41, 5.74) is 5.51. The Morgan fingerprint density at radius 3 is 2.85 bits per heavy atom. The molecular formula is C8H11ClN2O2. The molecule has 0 unspecified atom stereocenters. The van der Waals surface area contributed by atoms with Crippen LogP contribution in [0, 0.1) is 0 Å². The fourth-order valence-corrected chi connectivity index (χ4v) is 0.788. The number of Topliss-reactive ketones (excluding diaryl/α,β-unsaturated/α-hetero) is 1. The highest BCUT2D eigenvalue weighted by Gasteiger charge is 2.04. The van der Waals surface area contributed by atoms with Gasteiger partial charge in [0.1, 0.15) is 5.69 Å². The highest BCUT2D eigenvalue weighted by atomic mass is 35.5. The molecule has 0 amide bonds. The predicted molar refractivity (Wildman–Crippen MR) is 51.4 cm³/mol. The van der Waals surface area contributed by atoms with Crippen LogP contribution in [0.15, 0.2) is 18.2 Å². The SMILES string of the molecule is COc1cccc(C(=O)CN)n1.Cl. The Hall–Kier alpha value is -1.13. The molecule has 0 fully saturated rings. The molecule has 72 valence electrons. The summed E-state index contributed by atoms with van der Waals surface area (Å²) in [6, 6.07) is 4.99. The number of pyridine rings is 1. The predicted octanol–water partition coefficient (Wildman–Crippen LogP) is 0.653. The van der Waals surface area contributed by atoms with Crippen LogP contribution in [0.3, 0.4) is 0 Å². The van der Waals surface area contributed by atoms with Crippen molar-refractivity contribution in [1.82, 2.24) is 4.98 Å². The smallest absolute Gasteiger partial charge is 0.213 e. The topological polar surface area (TPSA) is 65.2 Å². The van der Waals surface area contributed by atoms with E-state index in [1.165, 1.54) is 7.11 Å². The van der Waals surface area contributed by atoms with Crippen LogP contribution in [-0.4, -0.2) is 24.4 Å². The first-order chi connectivity index (χ1) is 5.77. The van der Waals surface area contributed by atoms with Crippen LogP contribution in [0.1, 0.15) is 10.5 Å². The van der Waals surface area contributed by atoms with Crippen molar-refractivity contribution in [3.05, 3.63) is 23.9 Å². The average Bonchev–Trinajstić information content (AvgIpc) is 2.17. The molecule has 0 spiro atoms. The third kappa shape index (κ3) is 3.01.